The molecule has 0 bridgehead atoms. The molecule has 3 fully saturated rings. The number of nitrogens with zero attached hydrogens (tertiary/aromatic N) is 2. The van der Waals surface area contributed by atoms with E-state index in [9.17, 15) is 14.4 Å². The van der Waals surface area contributed by atoms with Gasteiger partial charge in [0.2, 0.25) is 0 Å². The Bertz CT molecular complexity index is 2520. The van der Waals surface area contributed by atoms with E-state index in [1.165, 1.54) is 73.2 Å². The largest absolute Gasteiger partial charge is 0.322 e. The van der Waals surface area contributed by atoms with Crippen LogP contribution >= 0.6 is 23.5 Å². The molecule has 3 aliphatic rings. The van der Waals surface area contributed by atoms with Crippen LogP contribution in [0.1, 0.15) is 110 Å². The van der Waals surface area contributed by atoms with Gasteiger partial charge >= 0.3 is 0 Å². The van der Waals surface area contributed by atoms with Gasteiger partial charge in [-0.15, -0.1) is 23.5 Å². The van der Waals surface area contributed by atoms with E-state index in [1.807, 2.05) is 104 Å². The number of anilines is 3. The van der Waals surface area contributed by atoms with Crippen molar-refractivity contribution in [2.45, 2.75) is 73.1 Å². The molecule has 3 saturated heterocycles. The van der Waals surface area contributed by atoms with Crippen molar-refractivity contribution in [2.24, 2.45) is 0 Å². The average molecular weight is 949 g/mol. The molecule has 5 aromatic carbocycles. The summed E-state index contributed by atoms with van der Waals surface area (Å²) in [5.41, 5.74) is 9.28. The van der Waals surface area contributed by atoms with Crippen molar-refractivity contribution in [1.82, 2.24) is 25.9 Å². The number of nitrogens with one attached hydrogen (secondary N) is 6. The summed E-state index contributed by atoms with van der Waals surface area (Å²) in [5, 5.41) is 19.9. The average Bonchev–Trinajstić information content (AvgIpc) is 3.40. The Balaban J connectivity index is 0.000000151. The summed E-state index contributed by atoms with van der Waals surface area (Å²) in [4.78, 5) is 46.1. The van der Waals surface area contributed by atoms with Crippen molar-refractivity contribution in [3.05, 3.63) is 173 Å². The van der Waals surface area contributed by atoms with E-state index in [0.717, 1.165) is 71.8 Å². The highest BCUT2D eigenvalue weighted by molar-refractivity contribution is 7.98. The highest BCUT2D eigenvalue weighted by Gasteiger charge is 2.18. The molecule has 0 saturated carbocycles. The van der Waals surface area contributed by atoms with Gasteiger partial charge in [-0.2, -0.15) is 0 Å². The Hall–Kier alpha value is -5.83. The normalized spacial score (nSPS) is 17.8. The van der Waals surface area contributed by atoms with Gasteiger partial charge in [0.15, 0.2) is 0 Å². The number of piperidine rings is 3. The van der Waals surface area contributed by atoms with Crippen LogP contribution in [0.15, 0.2) is 144 Å². The molecule has 11 nitrogen and oxygen atoms in total. The van der Waals surface area contributed by atoms with Crippen LogP contribution in [-0.4, -0.2) is 79.5 Å². The minimum absolute atomic E-state index is 0.0595. The molecule has 4 heterocycles. The second-order valence-corrected chi connectivity index (χ2v) is 19.1. The summed E-state index contributed by atoms with van der Waals surface area (Å²) in [7, 11) is 0. The maximum atomic E-state index is 12.3. The van der Waals surface area contributed by atoms with Crippen molar-refractivity contribution < 1.29 is 14.4 Å². The standard InChI is InChI=1S/C19H22N2OS.C19H22N2O.C17H20N4OS/c1-23-18-6-2-4-15(12-18)19(22)21-17-9-7-14(8-10-17)16-5-3-11-20-13-16;1-14-4-2-5-16(12-14)19(22)21-18-9-7-15(8-10-18)17-6-3-11-20-13-17;1-23-16-11-19-15(10-20-16)17(22)21-14-6-4-12(5-7-14)13-3-2-8-18-9-13/h2,4,6-10,12,16,20H,3,5,11,13H2,1H3,(H,21,22);2,4-5,7-10,12,17,20H,3,6,11,13H2,1H3,(H,21,22);4-7,10-11,13,18H,2-3,8-9H2,1H3,(H,21,22)/t16-;17-;13-/m111/s1. The first kappa shape index (κ1) is 50.1. The number of carbonyl (C=O) groups excluding carboxylic acids is 3. The van der Waals surface area contributed by atoms with Crippen LogP contribution in [0.2, 0.25) is 0 Å². The summed E-state index contributed by atoms with van der Waals surface area (Å²) in [6, 6.07) is 39.9. The lowest BCUT2D eigenvalue weighted by atomic mass is 9.91. The molecule has 68 heavy (non-hydrogen) atoms. The van der Waals surface area contributed by atoms with Crippen molar-refractivity contribution in [1.29, 1.82) is 0 Å². The molecule has 3 aliphatic heterocycles. The van der Waals surface area contributed by atoms with Crippen LogP contribution < -0.4 is 31.9 Å². The predicted octanol–water partition coefficient (Wildman–Crippen LogP) is 10.8. The molecule has 3 amide bonds. The molecule has 0 aliphatic carbocycles. The smallest absolute Gasteiger partial charge is 0.275 e. The first-order valence-corrected chi connectivity index (χ1v) is 26.1. The lowest BCUT2D eigenvalue weighted by Crippen LogP contribution is -2.28. The van der Waals surface area contributed by atoms with Gasteiger partial charge < -0.3 is 31.9 Å². The molecule has 0 unspecified atom stereocenters. The topological polar surface area (TPSA) is 149 Å². The molecule has 13 heteroatoms. The summed E-state index contributed by atoms with van der Waals surface area (Å²) in [5.74, 6) is 1.39. The van der Waals surface area contributed by atoms with E-state index < -0.39 is 0 Å². The van der Waals surface area contributed by atoms with Gasteiger partial charge in [-0.05, 0) is 179 Å². The summed E-state index contributed by atoms with van der Waals surface area (Å²) >= 11 is 3.14. The summed E-state index contributed by atoms with van der Waals surface area (Å²) in [6.45, 7) is 8.48. The van der Waals surface area contributed by atoms with Crippen molar-refractivity contribution in [3.63, 3.8) is 0 Å². The second kappa shape index (κ2) is 26.1. The van der Waals surface area contributed by atoms with Crippen LogP contribution in [0.4, 0.5) is 17.1 Å². The summed E-state index contributed by atoms with van der Waals surface area (Å²) in [6.07, 6.45) is 14.4. The zero-order chi connectivity index (χ0) is 47.5. The van der Waals surface area contributed by atoms with Gasteiger partial charge in [-0.1, -0.05) is 60.2 Å². The Labute approximate surface area is 410 Å². The highest BCUT2D eigenvalue weighted by Crippen LogP contribution is 2.27. The fourth-order valence-corrected chi connectivity index (χ4v) is 9.39. The maximum absolute atomic E-state index is 12.3. The van der Waals surface area contributed by atoms with Crippen molar-refractivity contribution in [2.75, 3.05) is 67.7 Å². The van der Waals surface area contributed by atoms with Gasteiger partial charge in [-0.3, -0.25) is 14.4 Å². The van der Waals surface area contributed by atoms with E-state index >= 15 is 0 Å². The van der Waals surface area contributed by atoms with Crippen molar-refractivity contribution in [3.8, 4) is 0 Å². The number of benzene rings is 5. The van der Waals surface area contributed by atoms with Crippen molar-refractivity contribution >= 4 is 58.3 Å². The first-order chi connectivity index (χ1) is 33.2. The third-order valence-corrected chi connectivity index (χ3v) is 13.8. The Morgan fingerprint density at radius 3 is 1.34 bits per heavy atom. The zero-order valence-electron chi connectivity index (χ0n) is 39.4. The van der Waals surface area contributed by atoms with E-state index in [4.69, 9.17) is 0 Å². The van der Waals surface area contributed by atoms with Gasteiger partial charge in [0.1, 0.15) is 10.7 Å². The third-order valence-electron chi connectivity index (χ3n) is 12.5. The highest BCUT2D eigenvalue weighted by atomic mass is 32.2. The molecule has 9 rings (SSSR count). The van der Waals surface area contributed by atoms with Gasteiger partial charge in [-0.25, -0.2) is 9.97 Å². The number of amides is 3. The number of hydrogen-bond acceptors (Lipinski definition) is 10. The fraction of sp³-hybridized carbons (Fsp3) is 0.327. The minimum Gasteiger partial charge on any atom is -0.322 e. The number of hydrogen-bond donors (Lipinski definition) is 6. The molecule has 6 aromatic rings. The summed E-state index contributed by atoms with van der Waals surface area (Å²) < 4.78 is 0. The molecular weight excluding hydrogens is 885 g/mol. The molecular formula is C55H64N8O3S2. The number of aromatic nitrogens is 2. The Kier molecular flexibility index (Phi) is 19.2. The van der Waals surface area contributed by atoms with Crippen LogP contribution in [0.5, 0.6) is 0 Å². The molecule has 0 radical (unpaired) electrons. The van der Waals surface area contributed by atoms with Crippen LogP contribution in [0.3, 0.4) is 0 Å². The van der Waals surface area contributed by atoms with Gasteiger partial charge in [0.25, 0.3) is 17.7 Å². The van der Waals surface area contributed by atoms with E-state index in [2.05, 4.69) is 78.3 Å². The van der Waals surface area contributed by atoms with Crippen LogP contribution in [0, 0.1) is 6.92 Å². The molecule has 354 valence electrons. The Morgan fingerprint density at radius 2 is 0.956 bits per heavy atom. The molecule has 0 spiro atoms. The lowest BCUT2D eigenvalue weighted by Gasteiger charge is -2.23. The molecule has 1 aromatic heterocycles. The van der Waals surface area contributed by atoms with Crippen LogP contribution in [-0.2, 0) is 0 Å². The molecule has 6 N–H and O–H groups in total. The minimum atomic E-state index is -0.239. The monoisotopic (exact) mass is 948 g/mol. The van der Waals surface area contributed by atoms with Gasteiger partial charge in [0.05, 0.1) is 12.4 Å². The fourth-order valence-electron chi connectivity index (χ4n) is 8.62. The lowest BCUT2D eigenvalue weighted by molar-refractivity contribution is 0.101. The van der Waals surface area contributed by atoms with E-state index in [1.54, 1.807) is 18.0 Å². The first-order valence-electron chi connectivity index (χ1n) is 23.7. The second-order valence-electron chi connectivity index (χ2n) is 17.4. The molecule has 3 atom stereocenters. The van der Waals surface area contributed by atoms with E-state index in [-0.39, 0.29) is 17.7 Å². The maximum Gasteiger partial charge on any atom is 0.275 e. The van der Waals surface area contributed by atoms with Gasteiger partial charge in [0, 0.05) is 52.7 Å². The zero-order valence-corrected chi connectivity index (χ0v) is 41.0. The van der Waals surface area contributed by atoms with Crippen LogP contribution in [0.25, 0.3) is 0 Å². The number of thioether (sulfide) groups is 2. The number of rotatable bonds is 11. The SMILES string of the molecule is CSc1cccc(C(=O)Nc2ccc([C@@H]3CCCNC3)cc2)c1.CSc1cnc(C(=O)Nc2ccc([C@@H]3CCCNC3)cc2)cn1.Cc1cccc(C(=O)Nc2ccc([C@@H]3CCCNC3)cc2)c1. The Morgan fingerprint density at radius 1 is 0.515 bits per heavy atom. The quantitative estimate of drug-likeness (QED) is 0.0693. The predicted molar refractivity (Wildman–Crippen MR) is 281 cm³/mol. The number of aryl methyl sites for hydroxylation is 1. The van der Waals surface area contributed by atoms with E-state index in [0.29, 0.717) is 34.6 Å². The third kappa shape index (κ3) is 15.1. The number of carbonyl (C=O) groups is 3.